The number of hydrogen-bond donors (Lipinski definition) is 2. The zero-order valence-corrected chi connectivity index (χ0v) is 17.2. The Morgan fingerprint density at radius 3 is 2.70 bits per heavy atom. The van der Waals surface area contributed by atoms with E-state index in [0.717, 1.165) is 22.0 Å². The van der Waals surface area contributed by atoms with Gasteiger partial charge in [0.15, 0.2) is 0 Å². The lowest BCUT2D eigenvalue weighted by atomic mass is 9.83. The predicted molar refractivity (Wildman–Crippen MR) is 111 cm³/mol. The molecule has 0 aliphatic carbocycles. The summed E-state index contributed by atoms with van der Waals surface area (Å²) in [5.41, 5.74) is 6.39. The molecule has 1 atom stereocenters. The summed E-state index contributed by atoms with van der Waals surface area (Å²) >= 11 is 0.923. The van der Waals surface area contributed by atoms with Crippen molar-refractivity contribution in [2.75, 3.05) is 21.3 Å². The Bertz CT molecular complexity index is 1300. The number of hydrogen-bond acceptors (Lipinski definition) is 8. The molecular formula is C20H18N4O5S. The lowest BCUT2D eigenvalue weighted by Crippen LogP contribution is -2.41. The van der Waals surface area contributed by atoms with Gasteiger partial charge in [0.2, 0.25) is 0 Å². The van der Waals surface area contributed by atoms with E-state index < -0.39 is 23.4 Å². The summed E-state index contributed by atoms with van der Waals surface area (Å²) in [4.78, 5) is 37.4. The lowest BCUT2D eigenvalue weighted by Gasteiger charge is -2.25. The Morgan fingerprint density at radius 1 is 1.37 bits per heavy atom. The molecule has 1 aliphatic heterocycles. The third-order valence-electron chi connectivity index (χ3n) is 4.62. The van der Waals surface area contributed by atoms with E-state index in [1.807, 2.05) is 6.07 Å². The minimum absolute atomic E-state index is 0.0322. The van der Waals surface area contributed by atoms with E-state index in [-0.39, 0.29) is 26.2 Å². The highest BCUT2D eigenvalue weighted by Crippen LogP contribution is 2.37. The lowest BCUT2D eigenvalue weighted by molar-refractivity contribution is -0.133. The van der Waals surface area contributed by atoms with Crippen molar-refractivity contribution < 1.29 is 19.1 Å². The number of carbonyl (C=O) groups is 2. The molecular weight excluding hydrogens is 408 g/mol. The first kappa shape index (κ1) is 20.9. The molecule has 1 amide bonds. The molecule has 0 saturated heterocycles. The molecule has 1 aromatic heterocycles. The summed E-state index contributed by atoms with van der Waals surface area (Å²) < 4.78 is 11.2. The SMILES string of the molecule is CNC(=O)C1=c2s/c(=C\C(=O)OC)c(=O)n2C(N)=C(C#N)[C@@H]1c1cccc(OC)c1. The second-order valence-corrected chi connectivity index (χ2v) is 7.22. The fourth-order valence-electron chi connectivity index (χ4n) is 3.22. The molecule has 3 rings (SSSR count). The van der Waals surface area contributed by atoms with Gasteiger partial charge in [0, 0.05) is 13.1 Å². The molecule has 154 valence electrons. The van der Waals surface area contributed by atoms with Crippen LogP contribution in [0.2, 0.25) is 0 Å². The number of carbonyl (C=O) groups excluding carboxylic acids is 2. The second-order valence-electron chi connectivity index (χ2n) is 6.19. The van der Waals surface area contributed by atoms with E-state index in [9.17, 15) is 19.6 Å². The van der Waals surface area contributed by atoms with Crippen LogP contribution in [0.15, 0.2) is 34.6 Å². The molecule has 0 radical (unpaired) electrons. The minimum atomic E-state index is -0.825. The van der Waals surface area contributed by atoms with Crippen molar-refractivity contribution in [1.29, 1.82) is 5.26 Å². The highest BCUT2D eigenvalue weighted by molar-refractivity contribution is 7.07. The van der Waals surface area contributed by atoms with Crippen LogP contribution in [0.25, 0.3) is 17.5 Å². The summed E-state index contributed by atoms with van der Waals surface area (Å²) in [7, 11) is 4.14. The van der Waals surface area contributed by atoms with Gasteiger partial charge < -0.3 is 20.5 Å². The Balaban J connectivity index is 2.48. The van der Waals surface area contributed by atoms with E-state index in [1.165, 1.54) is 21.3 Å². The molecule has 2 heterocycles. The highest BCUT2D eigenvalue weighted by Gasteiger charge is 2.35. The monoisotopic (exact) mass is 426 g/mol. The molecule has 0 spiro atoms. The zero-order valence-electron chi connectivity index (χ0n) is 16.4. The molecule has 3 N–H and O–H groups in total. The molecule has 30 heavy (non-hydrogen) atoms. The maximum absolute atomic E-state index is 12.9. The maximum atomic E-state index is 12.9. The van der Waals surface area contributed by atoms with Crippen molar-refractivity contribution in [2.24, 2.45) is 5.73 Å². The van der Waals surface area contributed by atoms with Crippen molar-refractivity contribution in [1.82, 2.24) is 9.88 Å². The van der Waals surface area contributed by atoms with Gasteiger partial charge in [0.1, 0.15) is 20.8 Å². The Morgan fingerprint density at radius 2 is 2.10 bits per heavy atom. The molecule has 0 saturated carbocycles. The molecule has 2 aromatic rings. The van der Waals surface area contributed by atoms with Crippen LogP contribution < -0.4 is 30.5 Å². The number of thiazole rings is 1. The fraction of sp³-hybridized carbons (Fsp3) is 0.200. The number of ether oxygens (including phenoxy) is 2. The Hall–Kier alpha value is -3.84. The molecule has 1 aliphatic rings. The van der Waals surface area contributed by atoms with Gasteiger partial charge in [-0.3, -0.25) is 14.2 Å². The molecule has 9 nitrogen and oxygen atoms in total. The minimum Gasteiger partial charge on any atom is -0.497 e. The molecule has 10 heteroatoms. The third kappa shape index (κ3) is 3.35. The summed E-state index contributed by atoms with van der Waals surface area (Å²) in [6.07, 6.45) is 1.03. The Labute approximate surface area is 174 Å². The van der Waals surface area contributed by atoms with Gasteiger partial charge in [0.25, 0.3) is 11.5 Å². The first-order chi connectivity index (χ1) is 14.4. The average molecular weight is 426 g/mol. The number of nitrogens with two attached hydrogens (primary N) is 1. The summed E-state index contributed by atoms with van der Waals surface area (Å²) in [6, 6.07) is 8.93. The van der Waals surface area contributed by atoms with Crippen LogP contribution in [0.3, 0.4) is 0 Å². The van der Waals surface area contributed by atoms with Crippen molar-refractivity contribution in [2.45, 2.75) is 5.92 Å². The van der Waals surface area contributed by atoms with Crippen molar-refractivity contribution in [3.05, 3.63) is 55.0 Å². The first-order valence-corrected chi connectivity index (χ1v) is 9.51. The van der Waals surface area contributed by atoms with E-state index in [2.05, 4.69) is 10.1 Å². The second kappa shape index (κ2) is 8.26. The topological polar surface area (TPSA) is 136 Å². The number of amides is 1. The number of rotatable bonds is 4. The van der Waals surface area contributed by atoms with Gasteiger partial charge in [-0.1, -0.05) is 12.1 Å². The van der Waals surface area contributed by atoms with Gasteiger partial charge >= 0.3 is 5.97 Å². The van der Waals surface area contributed by atoms with Gasteiger partial charge in [0.05, 0.1) is 37.4 Å². The highest BCUT2D eigenvalue weighted by atomic mass is 32.1. The Kier molecular flexibility index (Phi) is 5.75. The van der Waals surface area contributed by atoms with Crippen molar-refractivity contribution in [3.63, 3.8) is 0 Å². The number of allylic oxidation sites excluding steroid dienone is 1. The number of esters is 1. The quantitative estimate of drug-likeness (QED) is 0.612. The summed E-state index contributed by atoms with van der Waals surface area (Å²) in [5.74, 6) is -1.59. The van der Waals surface area contributed by atoms with Crippen LogP contribution in [0.5, 0.6) is 5.75 Å². The molecule has 0 bridgehead atoms. The standard InChI is InChI=1S/C20H18N4O5S/c1-23-18(26)16-15(10-5-4-6-11(7-10)28-2)12(9-21)17(22)24-19(27)13(30-20(16)24)8-14(25)29-3/h4-8,15H,22H2,1-3H3,(H,23,26)/b13-8-/t15-/m0/s1. The van der Waals surface area contributed by atoms with Gasteiger partial charge in [-0.05, 0) is 17.7 Å². The van der Waals surface area contributed by atoms with E-state index in [0.29, 0.717) is 11.3 Å². The van der Waals surface area contributed by atoms with E-state index in [1.54, 1.807) is 24.3 Å². The van der Waals surface area contributed by atoms with Crippen LogP contribution in [0, 0.1) is 11.3 Å². The molecule has 0 unspecified atom stereocenters. The number of methoxy groups -OCH3 is 2. The van der Waals surface area contributed by atoms with Crippen LogP contribution in [-0.4, -0.2) is 37.7 Å². The van der Waals surface area contributed by atoms with Crippen LogP contribution in [0.1, 0.15) is 11.5 Å². The van der Waals surface area contributed by atoms with Crippen LogP contribution in [-0.2, 0) is 14.3 Å². The van der Waals surface area contributed by atoms with Crippen LogP contribution >= 0.6 is 11.3 Å². The normalized spacial score (nSPS) is 16.0. The number of nitrogens with zero attached hydrogens (tertiary/aromatic N) is 2. The summed E-state index contributed by atoms with van der Waals surface area (Å²) in [6.45, 7) is 0. The molecule has 0 fully saturated rings. The zero-order chi connectivity index (χ0) is 22.0. The summed E-state index contributed by atoms with van der Waals surface area (Å²) in [5, 5.41) is 12.4. The van der Waals surface area contributed by atoms with Crippen LogP contribution in [0.4, 0.5) is 0 Å². The predicted octanol–water partition coefficient (Wildman–Crippen LogP) is -0.783. The van der Waals surface area contributed by atoms with Gasteiger partial charge in [-0.25, -0.2) is 4.79 Å². The van der Waals surface area contributed by atoms with Gasteiger partial charge in [-0.15, -0.1) is 11.3 Å². The largest absolute Gasteiger partial charge is 0.497 e. The van der Waals surface area contributed by atoms with E-state index in [4.69, 9.17) is 10.5 Å². The average Bonchev–Trinajstić information content (AvgIpc) is 3.08. The number of nitriles is 1. The molecule has 1 aromatic carbocycles. The number of fused-ring (bicyclic) bond motifs is 1. The number of aromatic nitrogens is 1. The number of nitrogens with one attached hydrogen (secondary N) is 1. The van der Waals surface area contributed by atoms with E-state index >= 15 is 0 Å². The number of benzene rings is 1. The third-order valence-corrected chi connectivity index (χ3v) is 5.73. The first-order valence-electron chi connectivity index (χ1n) is 8.69. The van der Waals surface area contributed by atoms with Crippen molar-refractivity contribution >= 4 is 40.7 Å². The van der Waals surface area contributed by atoms with Crippen molar-refractivity contribution in [3.8, 4) is 11.8 Å². The fourth-order valence-corrected chi connectivity index (χ4v) is 4.36. The maximum Gasteiger partial charge on any atom is 0.332 e. The van der Waals surface area contributed by atoms with Gasteiger partial charge in [-0.2, -0.15) is 5.26 Å². The smallest absolute Gasteiger partial charge is 0.332 e.